The summed E-state index contributed by atoms with van der Waals surface area (Å²) < 4.78 is 16.7. The van der Waals surface area contributed by atoms with Gasteiger partial charge in [-0.1, -0.05) is 48.5 Å². The van der Waals surface area contributed by atoms with E-state index in [0.717, 1.165) is 22.3 Å². The molecule has 2 heterocycles. The number of morpholine rings is 2. The van der Waals surface area contributed by atoms with Crippen LogP contribution in [0.5, 0.6) is 0 Å². The quantitative estimate of drug-likeness (QED) is 0.625. The molecule has 9 heteroatoms. The smallest absolute Gasteiger partial charge is 0.407 e. The van der Waals surface area contributed by atoms with E-state index in [0.29, 0.717) is 26.4 Å². The minimum absolute atomic E-state index is 0.0317. The van der Waals surface area contributed by atoms with E-state index in [4.69, 9.17) is 14.2 Å². The number of nitrogens with zero attached hydrogens (tertiary/aromatic N) is 1. The average Bonchev–Trinajstić information content (AvgIpc) is 3.18. The highest BCUT2D eigenvalue weighted by Gasteiger charge is 2.41. The van der Waals surface area contributed by atoms with Gasteiger partial charge >= 0.3 is 12.1 Å². The average molecular weight is 481 g/mol. The number of nitrogens with one attached hydrogen (secondary N) is 1. The normalized spacial score (nSPS) is 21.5. The highest BCUT2D eigenvalue weighted by atomic mass is 16.5. The highest BCUT2D eigenvalue weighted by molar-refractivity contribution is 5.87. The van der Waals surface area contributed by atoms with E-state index >= 15 is 0 Å². The number of fused-ring (bicyclic) bond motifs is 5. The van der Waals surface area contributed by atoms with E-state index in [2.05, 4.69) is 17.4 Å². The summed E-state index contributed by atoms with van der Waals surface area (Å²) in [5, 5.41) is 11.8. The number of carboxylic acids is 1. The molecule has 2 N–H and O–H groups in total. The summed E-state index contributed by atoms with van der Waals surface area (Å²) >= 11 is 0. The van der Waals surface area contributed by atoms with Crippen molar-refractivity contribution in [2.75, 3.05) is 33.0 Å². The van der Waals surface area contributed by atoms with Gasteiger partial charge in [0.25, 0.3) is 0 Å². The SMILES string of the molecule is O=C(O)CCC(NC(=O)OCC1c2ccccc2-c2ccccc21)C(=O)N1C2COCC1COC2. The summed E-state index contributed by atoms with van der Waals surface area (Å²) in [6, 6.07) is 14.5. The lowest BCUT2D eigenvalue weighted by Gasteiger charge is -2.46. The van der Waals surface area contributed by atoms with Gasteiger partial charge in [0.1, 0.15) is 12.6 Å². The minimum Gasteiger partial charge on any atom is -0.481 e. The Kier molecular flexibility index (Phi) is 6.70. The molecule has 1 unspecified atom stereocenters. The first-order chi connectivity index (χ1) is 17.0. The van der Waals surface area contributed by atoms with Crippen molar-refractivity contribution < 1.29 is 33.7 Å². The van der Waals surface area contributed by atoms with Crippen LogP contribution in [0.2, 0.25) is 0 Å². The standard InChI is InChI=1S/C26H28N2O7/c29-24(30)10-9-23(25(31)28-16-11-33-13-17(28)14-34-12-16)27-26(32)35-15-22-20-7-3-1-5-18(20)19-6-2-4-8-21(19)22/h1-8,16-17,22-23H,9-15H2,(H,27,32)(H,29,30). The van der Waals surface area contributed by atoms with Crippen LogP contribution in [-0.2, 0) is 23.8 Å². The molecular formula is C26H28N2O7. The number of ether oxygens (including phenoxy) is 3. The minimum atomic E-state index is -1.04. The van der Waals surface area contributed by atoms with Gasteiger partial charge in [-0.3, -0.25) is 9.59 Å². The molecule has 2 aliphatic heterocycles. The molecule has 5 rings (SSSR count). The second kappa shape index (κ2) is 10.1. The Bertz CT molecular complexity index is 1050. The third kappa shape index (κ3) is 4.74. The summed E-state index contributed by atoms with van der Waals surface area (Å²) in [5.74, 6) is -1.49. The van der Waals surface area contributed by atoms with Crippen LogP contribution >= 0.6 is 0 Å². The number of carboxylic acid groups (broad SMARTS) is 1. The second-order valence-electron chi connectivity index (χ2n) is 9.08. The number of benzene rings is 2. The Hall–Kier alpha value is -3.43. The Morgan fingerprint density at radius 3 is 2.03 bits per heavy atom. The molecular weight excluding hydrogens is 452 g/mol. The lowest BCUT2D eigenvalue weighted by atomic mass is 9.98. The molecule has 0 spiro atoms. The fraction of sp³-hybridized carbons (Fsp3) is 0.423. The summed E-state index contributed by atoms with van der Waals surface area (Å²) in [7, 11) is 0. The van der Waals surface area contributed by atoms with Crippen LogP contribution in [0.1, 0.15) is 29.9 Å². The monoisotopic (exact) mass is 480 g/mol. The lowest BCUT2D eigenvalue weighted by Crippen LogP contribution is -2.65. The van der Waals surface area contributed by atoms with Gasteiger partial charge in [0.05, 0.1) is 38.5 Å². The molecule has 35 heavy (non-hydrogen) atoms. The van der Waals surface area contributed by atoms with E-state index in [1.807, 2.05) is 36.4 Å². The number of carbonyl (C=O) groups excluding carboxylic acids is 2. The van der Waals surface area contributed by atoms with Crippen LogP contribution in [0, 0.1) is 0 Å². The molecule has 0 radical (unpaired) electrons. The number of aliphatic carboxylic acids is 1. The molecule has 2 bridgehead atoms. The van der Waals surface area contributed by atoms with E-state index in [1.165, 1.54) is 0 Å². The van der Waals surface area contributed by atoms with Crippen molar-refractivity contribution in [2.24, 2.45) is 0 Å². The van der Waals surface area contributed by atoms with Gasteiger partial charge in [0.15, 0.2) is 0 Å². The number of alkyl carbamates (subject to hydrolysis) is 1. The predicted octanol–water partition coefficient (Wildman–Crippen LogP) is 2.38. The van der Waals surface area contributed by atoms with Gasteiger partial charge in [0, 0.05) is 12.3 Å². The van der Waals surface area contributed by atoms with Gasteiger partial charge in [-0.05, 0) is 28.7 Å². The summed E-state index contributed by atoms with van der Waals surface area (Å²) in [6.45, 7) is 1.49. The molecule has 184 valence electrons. The maximum atomic E-state index is 13.4. The highest BCUT2D eigenvalue weighted by Crippen LogP contribution is 2.44. The maximum absolute atomic E-state index is 13.4. The molecule has 9 nitrogen and oxygen atoms in total. The van der Waals surface area contributed by atoms with Crippen molar-refractivity contribution in [1.82, 2.24) is 10.2 Å². The van der Waals surface area contributed by atoms with Crippen molar-refractivity contribution >= 4 is 18.0 Å². The van der Waals surface area contributed by atoms with Crippen LogP contribution in [0.25, 0.3) is 11.1 Å². The Morgan fingerprint density at radius 2 is 1.49 bits per heavy atom. The molecule has 2 amide bonds. The van der Waals surface area contributed by atoms with Crippen LogP contribution in [0.15, 0.2) is 48.5 Å². The third-order valence-electron chi connectivity index (χ3n) is 6.86. The first-order valence-electron chi connectivity index (χ1n) is 11.8. The third-order valence-corrected chi connectivity index (χ3v) is 6.86. The molecule has 2 fully saturated rings. The molecule has 2 aromatic carbocycles. The zero-order valence-electron chi connectivity index (χ0n) is 19.2. The van der Waals surface area contributed by atoms with E-state index in [9.17, 15) is 19.5 Å². The summed E-state index contributed by atoms with van der Waals surface area (Å²) in [6.07, 6.45) is -1.03. The van der Waals surface area contributed by atoms with Crippen molar-refractivity contribution in [3.8, 4) is 11.1 Å². The van der Waals surface area contributed by atoms with E-state index < -0.39 is 18.1 Å². The van der Waals surface area contributed by atoms with Crippen molar-refractivity contribution in [1.29, 1.82) is 0 Å². The van der Waals surface area contributed by atoms with Crippen LogP contribution in [0.4, 0.5) is 4.79 Å². The number of carbonyl (C=O) groups is 3. The zero-order valence-corrected chi connectivity index (χ0v) is 19.2. The molecule has 2 aromatic rings. The number of amides is 2. The van der Waals surface area contributed by atoms with Crippen LogP contribution in [0.3, 0.4) is 0 Å². The van der Waals surface area contributed by atoms with Crippen molar-refractivity contribution in [3.05, 3.63) is 59.7 Å². The van der Waals surface area contributed by atoms with Gasteiger partial charge in [-0.2, -0.15) is 0 Å². The van der Waals surface area contributed by atoms with Gasteiger partial charge in [-0.15, -0.1) is 0 Å². The topological polar surface area (TPSA) is 114 Å². The fourth-order valence-corrected chi connectivity index (χ4v) is 5.24. The fourth-order valence-electron chi connectivity index (χ4n) is 5.24. The molecule has 1 atom stereocenters. The molecule has 3 aliphatic rings. The Morgan fingerprint density at radius 1 is 0.943 bits per heavy atom. The van der Waals surface area contributed by atoms with Crippen molar-refractivity contribution in [3.63, 3.8) is 0 Å². The van der Waals surface area contributed by atoms with Crippen LogP contribution in [-0.4, -0.2) is 79.1 Å². The molecule has 2 saturated heterocycles. The molecule has 0 saturated carbocycles. The van der Waals surface area contributed by atoms with Gasteiger partial charge in [-0.25, -0.2) is 4.79 Å². The second-order valence-corrected chi connectivity index (χ2v) is 9.08. The molecule has 1 aliphatic carbocycles. The first kappa shape index (κ1) is 23.3. The lowest BCUT2D eigenvalue weighted by molar-refractivity contribution is -0.170. The summed E-state index contributed by atoms with van der Waals surface area (Å²) in [4.78, 5) is 39.1. The number of hydrogen-bond donors (Lipinski definition) is 2. The van der Waals surface area contributed by atoms with Crippen LogP contribution < -0.4 is 5.32 Å². The first-order valence-corrected chi connectivity index (χ1v) is 11.8. The zero-order chi connectivity index (χ0) is 24.4. The van der Waals surface area contributed by atoms with Gasteiger partial charge in [0.2, 0.25) is 5.91 Å². The Balaban J connectivity index is 1.27. The number of rotatable bonds is 7. The number of hydrogen-bond acceptors (Lipinski definition) is 6. The van der Waals surface area contributed by atoms with Gasteiger partial charge < -0.3 is 29.5 Å². The largest absolute Gasteiger partial charge is 0.481 e. The Labute approximate surface area is 203 Å². The van der Waals surface area contributed by atoms with E-state index in [1.54, 1.807) is 4.90 Å². The molecule has 0 aromatic heterocycles. The predicted molar refractivity (Wildman–Crippen MR) is 125 cm³/mol. The van der Waals surface area contributed by atoms with E-state index in [-0.39, 0.29) is 43.4 Å². The maximum Gasteiger partial charge on any atom is 0.407 e. The summed E-state index contributed by atoms with van der Waals surface area (Å²) in [5.41, 5.74) is 4.41. The van der Waals surface area contributed by atoms with Crippen molar-refractivity contribution in [2.45, 2.75) is 36.9 Å².